The van der Waals surface area contributed by atoms with E-state index in [-0.39, 0.29) is 23.1 Å². The van der Waals surface area contributed by atoms with Gasteiger partial charge in [0.15, 0.2) is 0 Å². The molecule has 2 aliphatic rings. The van der Waals surface area contributed by atoms with Crippen LogP contribution in [0.2, 0.25) is 0 Å². The highest BCUT2D eigenvalue weighted by Crippen LogP contribution is 2.53. The third-order valence-corrected chi connectivity index (χ3v) is 14.0. The first kappa shape index (κ1) is 36.3. The molecule has 0 spiro atoms. The van der Waals surface area contributed by atoms with Gasteiger partial charge in [0.25, 0.3) is 0 Å². The Morgan fingerprint density at radius 2 is 1.10 bits per heavy atom. The van der Waals surface area contributed by atoms with Gasteiger partial charge in [0.1, 0.15) is 11.2 Å². The lowest BCUT2D eigenvalue weighted by Gasteiger charge is -2.46. The van der Waals surface area contributed by atoms with Crippen molar-refractivity contribution in [2.75, 3.05) is 9.71 Å². The molecule has 3 nitrogen and oxygen atoms in total. The van der Waals surface area contributed by atoms with E-state index < -0.39 is 0 Å². The number of nitrogens with zero attached hydrogens (tertiary/aromatic N) is 2. The van der Waals surface area contributed by atoms with E-state index in [1.54, 1.807) is 0 Å². The van der Waals surface area contributed by atoms with Crippen molar-refractivity contribution in [3.05, 3.63) is 150 Å². The maximum absolute atomic E-state index is 7.08. The van der Waals surface area contributed by atoms with E-state index in [2.05, 4.69) is 205 Å². The van der Waals surface area contributed by atoms with Crippen LogP contribution in [0.5, 0.6) is 0 Å². The first-order chi connectivity index (χ1) is 28.1. The Morgan fingerprint density at radius 3 is 1.78 bits per heavy atom. The molecule has 0 fully saturated rings. The molecule has 0 saturated carbocycles. The van der Waals surface area contributed by atoms with Crippen LogP contribution in [0.1, 0.15) is 79.0 Å². The van der Waals surface area contributed by atoms with Gasteiger partial charge < -0.3 is 14.1 Å². The predicted octanol–water partition coefficient (Wildman–Crippen LogP) is 14.6. The lowest BCUT2D eigenvalue weighted by atomic mass is 9.43. The van der Waals surface area contributed by atoms with Gasteiger partial charge in [-0.15, -0.1) is 11.3 Å². The number of anilines is 5. The van der Waals surface area contributed by atoms with Crippen molar-refractivity contribution < 1.29 is 4.42 Å². The third kappa shape index (κ3) is 5.47. The Morgan fingerprint density at radius 1 is 0.492 bits per heavy atom. The molecule has 59 heavy (non-hydrogen) atoms. The highest BCUT2D eigenvalue weighted by Gasteiger charge is 2.47. The summed E-state index contributed by atoms with van der Waals surface area (Å²) in [5.74, 6) is 0. The molecule has 0 saturated heterocycles. The van der Waals surface area contributed by atoms with Gasteiger partial charge in [0.2, 0.25) is 0 Å². The Hall–Kier alpha value is -5.78. The van der Waals surface area contributed by atoms with Crippen LogP contribution in [0, 0.1) is 0 Å². The Balaban J connectivity index is 1.31. The molecule has 0 unspecified atom stereocenters. The SMILES string of the molecule is CC(C)(C)c1ccc(N2B3c4cc(C(C)(C)C)ccc4N(c4ccc(C(C)(C)C)cc4)c4cc5c(oc6ccccc65)c(c43)-c3cc4c(cc32)sc2ccccc24)cc1. The highest BCUT2D eigenvalue weighted by atomic mass is 32.1. The minimum Gasteiger partial charge on any atom is -0.455 e. The molecule has 11 rings (SSSR count). The van der Waals surface area contributed by atoms with Crippen LogP contribution in [0.25, 0.3) is 53.2 Å². The second-order valence-corrected chi connectivity index (χ2v) is 20.9. The predicted molar refractivity (Wildman–Crippen MR) is 256 cm³/mol. The van der Waals surface area contributed by atoms with E-state index in [0.29, 0.717) is 0 Å². The van der Waals surface area contributed by atoms with Crippen LogP contribution >= 0.6 is 11.3 Å². The molecule has 0 bridgehead atoms. The van der Waals surface area contributed by atoms with Crippen molar-refractivity contribution in [2.45, 2.75) is 78.6 Å². The second kappa shape index (κ2) is 12.4. The number of thiophene rings is 1. The van der Waals surface area contributed by atoms with Gasteiger partial charge in [-0.1, -0.05) is 135 Å². The summed E-state index contributed by atoms with van der Waals surface area (Å²) < 4.78 is 9.68. The topological polar surface area (TPSA) is 19.6 Å². The zero-order valence-corrected chi connectivity index (χ0v) is 36.3. The molecule has 5 heteroatoms. The molecule has 0 aliphatic carbocycles. The van der Waals surface area contributed by atoms with Gasteiger partial charge in [-0.3, -0.25) is 0 Å². The molecule has 4 heterocycles. The third-order valence-electron chi connectivity index (χ3n) is 12.9. The molecule has 2 aliphatic heterocycles. The van der Waals surface area contributed by atoms with Crippen LogP contribution in [0.3, 0.4) is 0 Å². The monoisotopic (exact) mass is 784 g/mol. The van der Waals surface area contributed by atoms with Gasteiger partial charge in [0.05, 0.1) is 0 Å². The molecule has 290 valence electrons. The summed E-state index contributed by atoms with van der Waals surface area (Å²) in [6, 6.07) is 50.7. The minimum atomic E-state index is -0.125. The van der Waals surface area contributed by atoms with Crippen molar-refractivity contribution in [1.29, 1.82) is 0 Å². The van der Waals surface area contributed by atoms with Crippen molar-refractivity contribution in [3.8, 4) is 11.1 Å². The van der Waals surface area contributed by atoms with Crippen LogP contribution in [-0.4, -0.2) is 6.85 Å². The average Bonchev–Trinajstić information content (AvgIpc) is 3.76. The van der Waals surface area contributed by atoms with E-state index in [1.165, 1.54) is 81.7 Å². The number of fused-ring (bicyclic) bond motifs is 11. The molecule has 0 amide bonds. The Kier molecular flexibility index (Phi) is 7.62. The smallest absolute Gasteiger partial charge is 0.333 e. The van der Waals surface area contributed by atoms with Crippen LogP contribution in [-0.2, 0) is 16.2 Å². The molecular weight excluding hydrogens is 735 g/mol. The van der Waals surface area contributed by atoms with E-state index in [9.17, 15) is 0 Å². The van der Waals surface area contributed by atoms with E-state index in [4.69, 9.17) is 4.42 Å². The normalized spacial score (nSPS) is 14.1. The lowest BCUT2D eigenvalue weighted by molar-refractivity contribution is 0.590. The molecule has 7 aromatic carbocycles. The van der Waals surface area contributed by atoms with Crippen LogP contribution in [0.15, 0.2) is 138 Å². The first-order valence-electron chi connectivity index (χ1n) is 21.0. The maximum atomic E-state index is 7.08. The number of benzene rings is 7. The summed E-state index contributed by atoms with van der Waals surface area (Å²) in [6.07, 6.45) is 0. The van der Waals surface area contributed by atoms with Gasteiger partial charge in [0, 0.05) is 70.5 Å². The minimum absolute atomic E-state index is 0.0380. The molecular formula is C54H49BN2OS. The fourth-order valence-electron chi connectivity index (χ4n) is 9.68. The number of para-hydroxylation sites is 1. The number of hydrogen-bond acceptors (Lipinski definition) is 4. The molecule has 0 radical (unpaired) electrons. The van der Waals surface area contributed by atoms with E-state index >= 15 is 0 Å². The van der Waals surface area contributed by atoms with Gasteiger partial charge in [-0.25, -0.2) is 0 Å². The van der Waals surface area contributed by atoms with Gasteiger partial charge in [-0.2, -0.15) is 0 Å². The summed E-state index contributed by atoms with van der Waals surface area (Å²) in [7, 11) is 0. The standard InChI is InChI=1S/C54H49BN2OS/c1-52(2,3)32-18-23-35(24-19-32)56-43-27-22-34(54(7,8)9)28-42(43)55-50-45(56)30-40-37-14-10-12-16-46(37)58-51(40)49(50)41-29-39-38-15-11-13-17-47(38)59-48(39)31-44(41)57(55)36-25-20-33(21-26-36)53(4,5)6/h10-31H,1-9H3. The molecule has 0 N–H and O–H groups in total. The van der Waals surface area contributed by atoms with Crippen molar-refractivity contribution >= 4 is 99.7 Å². The first-order valence-corrected chi connectivity index (χ1v) is 21.9. The Bertz CT molecular complexity index is 3170. The summed E-state index contributed by atoms with van der Waals surface area (Å²) in [5, 5.41) is 4.86. The van der Waals surface area contributed by atoms with Crippen LogP contribution in [0.4, 0.5) is 28.4 Å². The fourth-order valence-corrected chi connectivity index (χ4v) is 10.8. The number of hydrogen-bond donors (Lipinski definition) is 0. The largest absolute Gasteiger partial charge is 0.455 e. The van der Waals surface area contributed by atoms with Crippen molar-refractivity contribution in [1.82, 2.24) is 0 Å². The quantitative estimate of drug-likeness (QED) is 0.163. The van der Waals surface area contributed by atoms with Crippen LogP contribution < -0.4 is 20.6 Å². The second-order valence-electron chi connectivity index (χ2n) is 19.8. The molecule has 9 aromatic rings. The van der Waals surface area contributed by atoms with E-state index in [1.807, 2.05) is 11.3 Å². The molecule has 2 aromatic heterocycles. The van der Waals surface area contributed by atoms with Gasteiger partial charge in [-0.05, 0) is 105 Å². The maximum Gasteiger partial charge on any atom is 0.333 e. The lowest BCUT2D eigenvalue weighted by Crippen LogP contribution is -2.61. The summed E-state index contributed by atoms with van der Waals surface area (Å²) >= 11 is 1.89. The summed E-state index contributed by atoms with van der Waals surface area (Å²) in [4.78, 5) is 5.19. The summed E-state index contributed by atoms with van der Waals surface area (Å²) in [5.41, 5.74) is 16.8. The highest BCUT2D eigenvalue weighted by molar-refractivity contribution is 7.25. The Labute approximate surface area is 352 Å². The average molecular weight is 785 g/mol. The zero-order chi connectivity index (χ0) is 40.7. The number of rotatable bonds is 2. The molecule has 0 atom stereocenters. The van der Waals surface area contributed by atoms with E-state index in [0.717, 1.165) is 27.6 Å². The number of furan rings is 1. The zero-order valence-electron chi connectivity index (χ0n) is 35.5. The van der Waals surface area contributed by atoms with Crippen molar-refractivity contribution in [2.24, 2.45) is 0 Å². The van der Waals surface area contributed by atoms with Gasteiger partial charge >= 0.3 is 6.85 Å². The van der Waals surface area contributed by atoms with Crippen molar-refractivity contribution in [3.63, 3.8) is 0 Å². The fraction of sp³-hybridized carbons (Fsp3) is 0.222. The summed E-state index contributed by atoms with van der Waals surface area (Å²) in [6.45, 7) is 20.6.